The van der Waals surface area contributed by atoms with Gasteiger partial charge in [0.1, 0.15) is 0 Å². The molecule has 2 aromatic rings. The molecule has 0 radical (unpaired) electrons. The lowest BCUT2D eigenvalue weighted by Crippen LogP contribution is -2.31. The van der Waals surface area contributed by atoms with Gasteiger partial charge in [0.05, 0.1) is 11.5 Å². The van der Waals surface area contributed by atoms with Crippen LogP contribution in [0.1, 0.15) is 22.5 Å². The van der Waals surface area contributed by atoms with Crippen molar-refractivity contribution in [2.24, 2.45) is 5.41 Å². The number of hydrogen-bond acceptors (Lipinski definition) is 3. The second kappa shape index (κ2) is 4.37. The van der Waals surface area contributed by atoms with Gasteiger partial charge >= 0.3 is 0 Å². The average molecular weight is 261 g/mol. The molecular weight excluding hydrogens is 246 g/mol. The maximum atomic E-state index is 12.0. The number of rotatable bonds is 4. The topological polar surface area (TPSA) is 49.3 Å². The Labute approximate surface area is 109 Å². The molecule has 0 unspecified atom stereocenters. The third kappa shape index (κ3) is 2.13. The second-order valence-electron chi connectivity index (χ2n) is 4.99. The zero-order chi connectivity index (χ0) is 12.6. The van der Waals surface area contributed by atoms with Crippen molar-refractivity contribution in [3.05, 3.63) is 35.2 Å². The number of fused-ring (bicyclic) bond motifs is 1. The molecule has 1 heterocycles. The highest BCUT2D eigenvalue weighted by molar-refractivity contribution is 7.20. The molecule has 94 valence electrons. The summed E-state index contributed by atoms with van der Waals surface area (Å²) in [5.74, 6) is -0.0316. The van der Waals surface area contributed by atoms with Gasteiger partial charge in [0.2, 0.25) is 0 Å². The zero-order valence-corrected chi connectivity index (χ0v) is 10.8. The lowest BCUT2D eigenvalue weighted by Gasteiger charge is -2.11. The van der Waals surface area contributed by atoms with Crippen LogP contribution in [0.4, 0.5) is 0 Å². The van der Waals surface area contributed by atoms with Crippen LogP contribution in [0.2, 0.25) is 0 Å². The van der Waals surface area contributed by atoms with Crippen molar-refractivity contribution in [1.82, 2.24) is 5.32 Å². The summed E-state index contributed by atoms with van der Waals surface area (Å²) in [4.78, 5) is 12.8. The van der Waals surface area contributed by atoms with Crippen LogP contribution in [0.5, 0.6) is 0 Å². The maximum Gasteiger partial charge on any atom is 0.261 e. The molecular formula is C14H15NO2S. The summed E-state index contributed by atoms with van der Waals surface area (Å²) < 4.78 is 1.13. The van der Waals surface area contributed by atoms with Crippen LogP contribution in [0, 0.1) is 5.41 Å². The molecule has 18 heavy (non-hydrogen) atoms. The number of benzene rings is 1. The van der Waals surface area contributed by atoms with Crippen LogP contribution in [0.15, 0.2) is 30.3 Å². The molecule has 4 heteroatoms. The molecule has 1 aliphatic carbocycles. The second-order valence-corrected chi connectivity index (χ2v) is 6.07. The highest BCUT2D eigenvalue weighted by Crippen LogP contribution is 2.44. The van der Waals surface area contributed by atoms with E-state index in [0.29, 0.717) is 6.54 Å². The summed E-state index contributed by atoms with van der Waals surface area (Å²) >= 11 is 1.51. The minimum absolute atomic E-state index is 0.0316. The number of hydrogen-bond donors (Lipinski definition) is 2. The van der Waals surface area contributed by atoms with E-state index in [1.54, 1.807) is 0 Å². The van der Waals surface area contributed by atoms with E-state index >= 15 is 0 Å². The Bertz CT molecular complexity index is 553. The summed E-state index contributed by atoms with van der Waals surface area (Å²) in [6, 6.07) is 9.91. The Balaban J connectivity index is 1.72. The van der Waals surface area contributed by atoms with Gasteiger partial charge in [0.15, 0.2) is 0 Å². The van der Waals surface area contributed by atoms with Crippen LogP contribution in [0.3, 0.4) is 0 Å². The fourth-order valence-corrected chi connectivity index (χ4v) is 3.00. The highest BCUT2D eigenvalue weighted by Gasteiger charge is 2.42. The molecule has 1 aromatic carbocycles. The fraction of sp³-hybridized carbons (Fsp3) is 0.357. The molecule has 3 rings (SSSR count). The Kier molecular flexibility index (Phi) is 2.84. The van der Waals surface area contributed by atoms with Crippen molar-refractivity contribution in [3.63, 3.8) is 0 Å². The minimum atomic E-state index is -0.0354. The van der Waals surface area contributed by atoms with E-state index in [9.17, 15) is 9.90 Å². The summed E-state index contributed by atoms with van der Waals surface area (Å²) in [6.45, 7) is 0.746. The molecule has 0 saturated heterocycles. The largest absolute Gasteiger partial charge is 0.396 e. The first-order valence-electron chi connectivity index (χ1n) is 6.10. The smallest absolute Gasteiger partial charge is 0.261 e. The number of carbonyl (C=O) groups excluding carboxylic acids is 1. The normalized spacial score (nSPS) is 16.7. The van der Waals surface area contributed by atoms with Gasteiger partial charge in [-0.2, -0.15) is 0 Å². The Morgan fingerprint density at radius 3 is 2.83 bits per heavy atom. The predicted molar refractivity (Wildman–Crippen MR) is 72.9 cm³/mol. The highest BCUT2D eigenvalue weighted by atomic mass is 32.1. The van der Waals surface area contributed by atoms with Crippen molar-refractivity contribution in [2.45, 2.75) is 12.8 Å². The number of thiophene rings is 1. The van der Waals surface area contributed by atoms with E-state index in [1.807, 2.05) is 30.3 Å². The standard InChI is InChI=1S/C14H15NO2S/c16-9-14(5-6-14)8-15-13(17)12-7-10-3-1-2-4-11(10)18-12/h1-4,7,16H,5-6,8-9H2,(H,15,17). The van der Waals surface area contributed by atoms with E-state index in [1.165, 1.54) is 11.3 Å². The number of nitrogens with one attached hydrogen (secondary N) is 1. The van der Waals surface area contributed by atoms with Crippen molar-refractivity contribution < 1.29 is 9.90 Å². The SMILES string of the molecule is O=C(NCC1(CO)CC1)c1cc2ccccc2s1. The molecule has 1 amide bonds. The van der Waals surface area contributed by atoms with Crippen LogP contribution < -0.4 is 5.32 Å². The number of carbonyl (C=O) groups is 1. The molecule has 0 spiro atoms. The molecule has 1 fully saturated rings. The van der Waals surface area contributed by atoms with Gasteiger partial charge < -0.3 is 10.4 Å². The summed E-state index contributed by atoms with van der Waals surface area (Å²) in [5.41, 5.74) is -0.0354. The predicted octanol–water partition coefficient (Wildman–Crippen LogP) is 2.40. The van der Waals surface area contributed by atoms with Crippen molar-refractivity contribution >= 4 is 27.3 Å². The van der Waals surface area contributed by atoms with Crippen LogP contribution in [-0.2, 0) is 0 Å². The van der Waals surface area contributed by atoms with E-state index in [-0.39, 0.29) is 17.9 Å². The van der Waals surface area contributed by atoms with Gasteiger partial charge in [-0.25, -0.2) is 0 Å². The van der Waals surface area contributed by atoms with Gasteiger partial charge in [0.25, 0.3) is 5.91 Å². The van der Waals surface area contributed by atoms with Crippen LogP contribution >= 0.6 is 11.3 Å². The summed E-state index contributed by atoms with van der Waals surface area (Å²) in [5, 5.41) is 13.2. The quantitative estimate of drug-likeness (QED) is 0.888. The van der Waals surface area contributed by atoms with E-state index in [0.717, 1.165) is 27.8 Å². The summed E-state index contributed by atoms with van der Waals surface area (Å²) in [7, 11) is 0. The lowest BCUT2D eigenvalue weighted by molar-refractivity contribution is 0.0939. The Morgan fingerprint density at radius 2 is 2.17 bits per heavy atom. The van der Waals surface area contributed by atoms with Gasteiger partial charge in [-0.1, -0.05) is 18.2 Å². The first kappa shape index (κ1) is 11.7. The number of amides is 1. The number of aliphatic hydroxyl groups excluding tert-OH is 1. The van der Waals surface area contributed by atoms with E-state index in [4.69, 9.17) is 0 Å². The van der Waals surface area contributed by atoms with Crippen molar-refractivity contribution in [1.29, 1.82) is 0 Å². The maximum absolute atomic E-state index is 12.0. The third-order valence-corrected chi connectivity index (χ3v) is 4.68. The molecule has 1 saturated carbocycles. The average Bonchev–Trinajstić information content (AvgIpc) is 3.05. The van der Waals surface area contributed by atoms with Gasteiger partial charge in [-0.05, 0) is 30.4 Å². The van der Waals surface area contributed by atoms with Crippen LogP contribution in [0.25, 0.3) is 10.1 Å². The molecule has 1 aromatic heterocycles. The first-order chi connectivity index (χ1) is 8.72. The molecule has 0 atom stereocenters. The number of aliphatic hydroxyl groups is 1. The van der Waals surface area contributed by atoms with Crippen LogP contribution in [-0.4, -0.2) is 24.2 Å². The molecule has 3 nitrogen and oxygen atoms in total. The van der Waals surface area contributed by atoms with Crippen molar-refractivity contribution in [3.8, 4) is 0 Å². The minimum Gasteiger partial charge on any atom is -0.396 e. The first-order valence-corrected chi connectivity index (χ1v) is 6.92. The zero-order valence-electron chi connectivity index (χ0n) is 9.98. The molecule has 2 N–H and O–H groups in total. The molecule has 0 aliphatic heterocycles. The van der Waals surface area contributed by atoms with E-state index in [2.05, 4.69) is 5.32 Å². The molecule has 1 aliphatic rings. The molecule has 0 bridgehead atoms. The lowest BCUT2D eigenvalue weighted by atomic mass is 10.1. The fourth-order valence-electron chi connectivity index (χ4n) is 2.02. The van der Waals surface area contributed by atoms with Gasteiger partial charge in [-0.15, -0.1) is 11.3 Å². The van der Waals surface area contributed by atoms with Crippen molar-refractivity contribution in [2.75, 3.05) is 13.2 Å². The Hall–Kier alpha value is -1.39. The Morgan fingerprint density at radius 1 is 1.39 bits per heavy atom. The monoisotopic (exact) mass is 261 g/mol. The third-order valence-electron chi connectivity index (χ3n) is 3.57. The van der Waals surface area contributed by atoms with Gasteiger partial charge in [0, 0.05) is 16.7 Å². The summed E-state index contributed by atoms with van der Waals surface area (Å²) in [6.07, 6.45) is 2.02. The van der Waals surface area contributed by atoms with Gasteiger partial charge in [-0.3, -0.25) is 4.79 Å². The van der Waals surface area contributed by atoms with E-state index < -0.39 is 0 Å².